The van der Waals surface area contributed by atoms with Crippen LogP contribution in [0.5, 0.6) is 0 Å². The summed E-state index contributed by atoms with van der Waals surface area (Å²) in [6.07, 6.45) is 4.41. The predicted octanol–water partition coefficient (Wildman–Crippen LogP) is 1.48. The van der Waals surface area contributed by atoms with Gasteiger partial charge in [-0.05, 0) is 45.7 Å². The summed E-state index contributed by atoms with van der Waals surface area (Å²) in [6, 6.07) is 0.556. The van der Waals surface area contributed by atoms with E-state index in [-0.39, 0.29) is 6.10 Å². The molecule has 3 unspecified atom stereocenters. The number of likely N-dealkylation sites (tertiary alicyclic amines) is 1. The molecule has 1 fully saturated rings. The Balaban J connectivity index is 2.20. The fourth-order valence-electron chi connectivity index (χ4n) is 2.72. The Kier molecular flexibility index (Phi) is 8.62. The molecule has 1 rings (SSSR count). The summed E-state index contributed by atoms with van der Waals surface area (Å²) in [5.74, 6) is 0.701. The largest absolute Gasteiger partial charge is 0.389 e. The molecule has 0 spiro atoms. The number of nitrogens with one attached hydrogen (secondary N) is 1. The molecular formula is C15H32N2O2. The van der Waals surface area contributed by atoms with Crippen LogP contribution in [0, 0.1) is 5.92 Å². The monoisotopic (exact) mass is 272 g/mol. The zero-order valence-corrected chi connectivity index (χ0v) is 12.9. The van der Waals surface area contributed by atoms with Gasteiger partial charge < -0.3 is 20.1 Å². The number of aliphatic hydroxyl groups is 1. The van der Waals surface area contributed by atoms with E-state index in [0.717, 1.165) is 39.1 Å². The number of hydrogen-bond acceptors (Lipinski definition) is 4. The smallest absolute Gasteiger partial charge is 0.0900 e. The second kappa shape index (κ2) is 9.70. The van der Waals surface area contributed by atoms with Crippen molar-refractivity contribution < 1.29 is 9.84 Å². The van der Waals surface area contributed by atoms with Gasteiger partial charge in [0.1, 0.15) is 0 Å². The summed E-state index contributed by atoms with van der Waals surface area (Å²) in [7, 11) is 2.03. The third kappa shape index (κ3) is 6.70. The second-order valence-corrected chi connectivity index (χ2v) is 5.82. The Morgan fingerprint density at radius 1 is 1.47 bits per heavy atom. The van der Waals surface area contributed by atoms with E-state index in [1.807, 2.05) is 7.05 Å². The molecule has 0 bridgehead atoms. The summed E-state index contributed by atoms with van der Waals surface area (Å²) >= 11 is 0. The van der Waals surface area contributed by atoms with Crippen LogP contribution in [0.3, 0.4) is 0 Å². The zero-order valence-electron chi connectivity index (χ0n) is 12.9. The van der Waals surface area contributed by atoms with Crippen molar-refractivity contribution in [1.29, 1.82) is 0 Å². The van der Waals surface area contributed by atoms with Crippen molar-refractivity contribution in [3.63, 3.8) is 0 Å². The topological polar surface area (TPSA) is 44.7 Å². The molecule has 4 nitrogen and oxygen atoms in total. The van der Waals surface area contributed by atoms with Crippen LogP contribution < -0.4 is 5.32 Å². The van der Waals surface area contributed by atoms with E-state index in [4.69, 9.17) is 4.74 Å². The van der Waals surface area contributed by atoms with Crippen molar-refractivity contribution in [3.05, 3.63) is 0 Å². The molecule has 0 aliphatic carbocycles. The molecule has 2 N–H and O–H groups in total. The molecular weight excluding hydrogens is 240 g/mol. The van der Waals surface area contributed by atoms with Crippen LogP contribution in [-0.2, 0) is 4.74 Å². The summed E-state index contributed by atoms with van der Waals surface area (Å²) < 4.78 is 5.48. The second-order valence-electron chi connectivity index (χ2n) is 5.82. The first-order valence-electron chi connectivity index (χ1n) is 7.82. The summed E-state index contributed by atoms with van der Waals surface area (Å²) in [5.41, 5.74) is 0. The number of piperidine rings is 1. The Morgan fingerprint density at radius 3 is 2.95 bits per heavy atom. The van der Waals surface area contributed by atoms with Crippen LogP contribution >= 0.6 is 0 Å². The lowest BCUT2D eigenvalue weighted by Crippen LogP contribution is -2.46. The maximum absolute atomic E-state index is 10.0. The van der Waals surface area contributed by atoms with Crippen molar-refractivity contribution in [2.75, 3.05) is 39.9 Å². The van der Waals surface area contributed by atoms with Crippen molar-refractivity contribution in [1.82, 2.24) is 10.2 Å². The summed E-state index contributed by atoms with van der Waals surface area (Å²) in [5, 5.41) is 13.3. The van der Waals surface area contributed by atoms with Crippen LogP contribution in [0.2, 0.25) is 0 Å². The van der Waals surface area contributed by atoms with Gasteiger partial charge in [0.05, 0.1) is 12.7 Å². The molecule has 0 aromatic rings. The molecule has 0 amide bonds. The van der Waals surface area contributed by atoms with Gasteiger partial charge in [0.25, 0.3) is 0 Å². The highest BCUT2D eigenvalue weighted by Gasteiger charge is 2.24. The normalized spacial score (nSPS) is 24.3. The van der Waals surface area contributed by atoms with Gasteiger partial charge in [-0.2, -0.15) is 0 Å². The quantitative estimate of drug-likeness (QED) is 0.624. The number of nitrogens with zero attached hydrogens (tertiary/aromatic N) is 1. The van der Waals surface area contributed by atoms with Crippen LogP contribution in [0.4, 0.5) is 0 Å². The lowest BCUT2D eigenvalue weighted by molar-refractivity contribution is 0.00681. The molecule has 19 heavy (non-hydrogen) atoms. The van der Waals surface area contributed by atoms with E-state index >= 15 is 0 Å². The zero-order chi connectivity index (χ0) is 14.1. The number of unbranched alkanes of at least 4 members (excludes halogenated alkanes) is 1. The fraction of sp³-hybridized carbons (Fsp3) is 1.00. The molecule has 1 heterocycles. The van der Waals surface area contributed by atoms with E-state index in [9.17, 15) is 5.11 Å². The number of hydrogen-bond donors (Lipinski definition) is 2. The average molecular weight is 272 g/mol. The predicted molar refractivity (Wildman–Crippen MR) is 79.4 cm³/mol. The molecule has 4 heteroatoms. The molecule has 0 aromatic heterocycles. The van der Waals surface area contributed by atoms with E-state index in [0.29, 0.717) is 18.6 Å². The number of rotatable bonds is 9. The Hall–Kier alpha value is -0.160. The van der Waals surface area contributed by atoms with Crippen molar-refractivity contribution >= 4 is 0 Å². The van der Waals surface area contributed by atoms with Gasteiger partial charge in [-0.3, -0.25) is 0 Å². The number of aliphatic hydroxyl groups excluding tert-OH is 1. The minimum absolute atomic E-state index is 0.347. The highest BCUT2D eigenvalue weighted by Crippen LogP contribution is 2.19. The Morgan fingerprint density at radius 2 is 2.26 bits per heavy atom. The fourth-order valence-corrected chi connectivity index (χ4v) is 2.72. The first-order chi connectivity index (χ1) is 9.17. The van der Waals surface area contributed by atoms with E-state index in [1.54, 1.807) is 0 Å². The minimum Gasteiger partial charge on any atom is -0.389 e. The maximum atomic E-state index is 10.0. The van der Waals surface area contributed by atoms with Gasteiger partial charge in [0, 0.05) is 25.7 Å². The van der Waals surface area contributed by atoms with Crippen LogP contribution in [0.15, 0.2) is 0 Å². The van der Waals surface area contributed by atoms with Gasteiger partial charge in [-0.1, -0.05) is 13.3 Å². The lowest BCUT2D eigenvalue weighted by atomic mass is 9.91. The van der Waals surface area contributed by atoms with Crippen molar-refractivity contribution in [2.24, 2.45) is 5.92 Å². The molecule has 1 aliphatic rings. The first-order valence-corrected chi connectivity index (χ1v) is 7.82. The van der Waals surface area contributed by atoms with Crippen LogP contribution in [-0.4, -0.2) is 62.0 Å². The van der Waals surface area contributed by atoms with E-state index < -0.39 is 0 Å². The SMILES string of the molecule is CCCCOCC(O)CN1CCCC(C(C)NC)C1. The average Bonchev–Trinajstić information content (AvgIpc) is 2.43. The highest BCUT2D eigenvalue weighted by atomic mass is 16.5. The van der Waals surface area contributed by atoms with Crippen molar-refractivity contribution in [2.45, 2.75) is 51.7 Å². The van der Waals surface area contributed by atoms with Gasteiger partial charge in [-0.15, -0.1) is 0 Å². The maximum Gasteiger partial charge on any atom is 0.0900 e. The van der Waals surface area contributed by atoms with E-state index in [1.165, 1.54) is 12.8 Å². The third-order valence-corrected chi connectivity index (χ3v) is 4.13. The highest BCUT2D eigenvalue weighted by molar-refractivity contribution is 4.80. The molecule has 1 saturated heterocycles. The Bertz CT molecular complexity index is 226. The number of β-amino-alcohol motifs (C(OH)–C–C–N with tert-alkyl or cyclic N) is 1. The van der Waals surface area contributed by atoms with Crippen LogP contribution in [0.1, 0.15) is 39.5 Å². The first kappa shape index (κ1) is 16.9. The van der Waals surface area contributed by atoms with Gasteiger partial charge in [0.2, 0.25) is 0 Å². The lowest BCUT2D eigenvalue weighted by Gasteiger charge is -2.36. The van der Waals surface area contributed by atoms with E-state index in [2.05, 4.69) is 24.1 Å². The summed E-state index contributed by atoms with van der Waals surface area (Å²) in [6.45, 7) is 8.59. The number of ether oxygens (including phenoxy) is 1. The Labute approximate surface area is 118 Å². The molecule has 0 aromatic carbocycles. The van der Waals surface area contributed by atoms with Crippen LogP contribution in [0.25, 0.3) is 0 Å². The van der Waals surface area contributed by atoms with Gasteiger partial charge in [0.15, 0.2) is 0 Å². The molecule has 1 aliphatic heterocycles. The standard InChI is InChI=1S/C15H32N2O2/c1-4-5-9-19-12-15(18)11-17-8-6-7-14(10-17)13(2)16-3/h13-16,18H,4-12H2,1-3H3. The third-order valence-electron chi connectivity index (χ3n) is 4.13. The molecule has 0 saturated carbocycles. The van der Waals surface area contributed by atoms with Gasteiger partial charge in [-0.25, -0.2) is 0 Å². The van der Waals surface area contributed by atoms with Gasteiger partial charge >= 0.3 is 0 Å². The van der Waals surface area contributed by atoms with Crippen molar-refractivity contribution in [3.8, 4) is 0 Å². The minimum atomic E-state index is -0.347. The molecule has 0 radical (unpaired) electrons. The molecule has 3 atom stereocenters. The molecule has 114 valence electrons. The summed E-state index contributed by atoms with van der Waals surface area (Å²) in [4.78, 5) is 2.38.